The molecule has 1 aromatic carbocycles. The number of ether oxygens (including phenoxy) is 1. The average Bonchev–Trinajstić information content (AvgIpc) is 2.74. The molecule has 0 saturated carbocycles. The summed E-state index contributed by atoms with van der Waals surface area (Å²) in [6.07, 6.45) is 1.18. The lowest BCUT2D eigenvalue weighted by atomic mass is 9.90. The predicted molar refractivity (Wildman–Crippen MR) is 85.0 cm³/mol. The minimum atomic E-state index is 0. The van der Waals surface area contributed by atoms with Crippen molar-refractivity contribution >= 4 is 28.3 Å². The summed E-state index contributed by atoms with van der Waals surface area (Å²) in [7, 11) is 1.72. The van der Waals surface area contributed by atoms with E-state index in [1.165, 1.54) is 12.0 Å². The number of nitrogens with zero attached hydrogens (tertiary/aromatic N) is 1. The van der Waals surface area contributed by atoms with Crippen LogP contribution >= 0.6 is 28.3 Å². The minimum Gasteiger partial charge on any atom is -0.496 e. The molecule has 1 unspecified atom stereocenters. The first-order valence-electron chi connectivity index (χ1n) is 6.31. The van der Waals surface area contributed by atoms with Gasteiger partial charge in [0.25, 0.3) is 0 Å². The molecule has 1 atom stereocenters. The first-order valence-corrected chi connectivity index (χ1v) is 7.10. The summed E-state index contributed by atoms with van der Waals surface area (Å²) >= 11 is 3.47. The maximum absolute atomic E-state index is 5.84. The van der Waals surface area contributed by atoms with Gasteiger partial charge < -0.3 is 10.5 Å². The van der Waals surface area contributed by atoms with Gasteiger partial charge in [-0.25, -0.2) is 0 Å². The van der Waals surface area contributed by atoms with Crippen LogP contribution in [0.5, 0.6) is 5.75 Å². The molecule has 1 heterocycles. The molecule has 5 heteroatoms. The zero-order chi connectivity index (χ0) is 13.2. The molecule has 2 rings (SSSR count). The van der Waals surface area contributed by atoms with E-state index in [9.17, 15) is 0 Å². The molecule has 0 bridgehead atoms. The Labute approximate surface area is 130 Å². The van der Waals surface area contributed by atoms with Crippen LogP contribution in [0.4, 0.5) is 0 Å². The quantitative estimate of drug-likeness (QED) is 0.908. The van der Waals surface area contributed by atoms with Crippen LogP contribution in [0.2, 0.25) is 0 Å². The van der Waals surface area contributed by atoms with Gasteiger partial charge in [-0.15, -0.1) is 12.4 Å². The summed E-state index contributed by atoms with van der Waals surface area (Å²) in [5, 5.41) is 0. The summed E-state index contributed by atoms with van der Waals surface area (Å²) in [5.74, 6) is 0.950. The molecule has 3 nitrogen and oxygen atoms in total. The van der Waals surface area contributed by atoms with Gasteiger partial charge in [-0.1, -0.05) is 28.9 Å². The van der Waals surface area contributed by atoms with E-state index in [1.54, 1.807) is 7.11 Å². The van der Waals surface area contributed by atoms with E-state index in [4.69, 9.17) is 10.5 Å². The molecule has 108 valence electrons. The maximum atomic E-state index is 5.84. The third-order valence-corrected chi connectivity index (χ3v) is 4.27. The van der Waals surface area contributed by atoms with Crippen LogP contribution in [0.1, 0.15) is 18.9 Å². The number of methoxy groups -OCH3 is 1. The lowest BCUT2D eigenvalue weighted by molar-refractivity contribution is 0.270. The Hall–Kier alpha value is -0.290. The lowest BCUT2D eigenvalue weighted by Crippen LogP contribution is -2.31. The third kappa shape index (κ3) is 4.09. The van der Waals surface area contributed by atoms with Crippen molar-refractivity contribution in [1.29, 1.82) is 0 Å². The second-order valence-corrected chi connectivity index (χ2v) is 6.35. The van der Waals surface area contributed by atoms with Gasteiger partial charge in [0.1, 0.15) is 5.75 Å². The van der Waals surface area contributed by atoms with Crippen molar-refractivity contribution in [2.75, 3.05) is 26.7 Å². The number of rotatable bonds is 4. The molecule has 2 N–H and O–H groups in total. The molecule has 19 heavy (non-hydrogen) atoms. The summed E-state index contributed by atoms with van der Waals surface area (Å²) in [6, 6.07) is 6.21. The zero-order valence-corrected chi connectivity index (χ0v) is 13.9. The fourth-order valence-electron chi connectivity index (χ4n) is 2.52. The number of halogens is 2. The van der Waals surface area contributed by atoms with Crippen LogP contribution in [0.25, 0.3) is 0 Å². The highest BCUT2D eigenvalue weighted by Gasteiger charge is 2.32. The van der Waals surface area contributed by atoms with Crippen molar-refractivity contribution in [3.8, 4) is 5.75 Å². The molecule has 0 aliphatic carbocycles. The van der Waals surface area contributed by atoms with E-state index >= 15 is 0 Å². The molecule has 1 aliphatic heterocycles. The van der Waals surface area contributed by atoms with Gasteiger partial charge in [-0.3, -0.25) is 4.90 Å². The van der Waals surface area contributed by atoms with Crippen LogP contribution in [-0.4, -0.2) is 31.6 Å². The van der Waals surface area contributed by atoms with Gasteiger partial charge in [0.05, 0.1) is 7.11 Å². The van der Waals surface area contributed by atoms with E-state index in [0.29, 0.717) is 0 Å². The highest BCUT2D eigenvalue weighted by Crippen LogP contribution is 2.31. The average molecular weight is 350 g/mol. The molecule has 1 aromatic rings. The SMILES string of the molecule is COc1cc(Br)ccc1CN1CCC(C)(CN)C1.Cl. The zero-order valence-electron chi connectivity index (χ0n) is 11.5. The Balaban J connectivity index is 0.00000180. The van der Waals surface area contributed by atoms with Crippen molar-refractivity contribution in [2.45, 2.75) is 19.9 Å². The lowest BCUT2D eigenvalue weighted by Gasteiger charge is -2.23. The van der Waals surface area contributed by atoms with Crippen molar-refractivity contribution < 1.29 is 4.74 Å². The van der Waals surface area contributed by atoms with Gasteiger partial charge in [0.15, 0.2) is 0 Å². The van der Waals surface area contributed by atoms with Crippen LogP contribution in [0, 0.1) is 5.41 Å². The van der Waals surface area contributed by atoms with Crippen molar-refractivity contribution in [3.63, 3.8) is 0 Å². The van der Waals surface area contributed by atoms with Crippen LogP contribution in [0.3, 0.4) is 0 Å². The molecular formula is C14H22BrClN2O. The minimum absolute atomic E-state index is 0. The Morgan fingerprint density at radius 1 is 1.47 bits per heavy atom. The Kier molecular flexibility index (Phi) is 6.12. The molecule has 1 saturated heterocycles. The second kappa shape index (κ2) is 6.93. The Morgan fingerprint density at radius 2 is 2.21 bits per heavy atom. The molecule has 0 amide bonds. The molecular weight excluding hydrogens is 328 g/mol. The third-order valence-electron chi connectivity index (χ3n) is 3.77. The summed E-state index contributed by atoms with van der Waals surface area (Å²) in [5.41, 5.74) is 7.36. The van der Waals surface area contributed by atoms with Gasteiger partial charge in [0.2, 0.25) is 0 Å². The highest BCUT2D eigenvalue weighted by atomic mass is 79.9. The van der Waals surface area contributed by atoms with Crippen LogP contribution in [-0.2, 0) is 6.54 Å². The number of hydrogen-bond acceptors (Lipinski definition) is 3. The number of nitrogens with two attached hydrogens (primary N) is 1. The summed E-state index contributed by atoms with van der Waals surface area (Å²) in [4.78, 5) is 2.46. The number of likely N-dealkylation sites (tertiary alicyclic amines) is 1. The van der Waals surface area contributed by atoms with E-state index in [0.717, 1.165) is 36.4 Å². The molecule has 0 aromatic heterocycles. The molecule has 0 spiro atoms. The molecule has 0 radical (unpaired) electrons. The number of hydrogen-bond donors (Lipinski definition) is 1. The summed E-state index contributed by atoms with van der Waals surface area (Å²) in [6.45, 7) is 6.16. The maximum Gasteiger partial charge on any atom is 0.124 e. The normalized spacial score (nSPS) is 23.2. The molecule has 1 fully saturated rings. The van der Waals surface area contributed by atoms with Crippen molar-refractivity contribution in [3.05, 3.63) is 28.2 Å². The van der Waals surface area contributed by atoms with Crippen molar-refractivity contribution in [1.82, 2.24) is 4.90 Å². The fraction of sp³-hybridized carbons (Fsp3) is 0.571. The van der Waals surface area contributed by atoms with Crippen molar-refractivity contribution in [2.24, 2.45) is 11.1 Å². The monoisotopic (exact) mass is 348 g/mol. The summed E-state index contributed by atoms with van der Waals surface area (Å²) < 4.78 is 6.49. The second-order valence-electron chi connectivity index (χ2n) is 5.43. The van der Waals surface area contributed by atoms with Gasteiger partial charge in [-0.05, 0) is 37.1 Å². The van der Waals surface area contributed by atoms with Gasteiger partial charge in [-0.2, -0.15) is 0 Å². The highest BCUT2D eigenvalue weighted by molar-refractivity contribution is 9.10. The van der Waals surface area contributed by atoms with E-state index in [2.05, 4.69) is 39.9 Å². The van der Waals surface area contributed by atoms with Crippen LogP contribution in [0.15, 0.2) is 22.7 Å². The fourth-order valence-corrected chi connectivity index (χ4v) is 2.86. The van der Waals surface area contributed by atoms with E-state index in [-0.39, 0.29) is 17.8 Å². The Morgan fingerprint density at radius 3 is 2.79 bits per heavy atom. The van der Waals surface area contributed by atoms with Crippen LogP contribution < -0.4 is 10.5 Å². The topological polar surface area (TPSA) is 38.5 Å². The first-order chi connectivity index (χ1) is 8.56. The van der Waals surface area contributed by atoms with E-state index in [1.807, 2.05) is 6.07 Å². The largest absolute Gasteiger partial charge is 0.496 e. The predicted octanol–water partition coefficient (Wildman–Crippen LogP) is 3.05. The van der Waals surface area contributed by atoms with Gasteiger partial charge in [0, 0.05) is 23.1 Å². The van der Waals surface area contributed by atoms with Gasteiger partial charge >= 0.3 is 0 Å². The Bertz CT molecular complexity index is 430. The first kappa shape index (κ1) is 16.8. The van der Waals surface area contributed by atoms with E-state index < -0.39 is 0 Å². The smallest absolute Gasteiger partial charge is 0.124 e. The molecule has 1 aliphatic rings. The standard InChI is InChI=1S/C14H21BrN2O.ClH/c1-14(9-16)5-6-17(10-14)8-11-3-4-12(15)7-13(11)18-2;/h3-4,7H,5-6,8-10,16H2,1-2H3;1H. The number of benzene rings is 1.